The second kappa shape index (κ2) is 8.09. The first-order valence-corrected chi connectivity index (χ1v) is 6.32. The van der Waals surface area contributed by atoms with Crippen molar-refractivity contribution in [3.63, 3.8) is 0 Å². The van der Waals surface area contributed by atoms with Crippen molar-refractivity contribution in [3.8, 4) is 0 Å². The fourth-order valence-corrected chi connectivity index (χ4v) is 1.64. The first-order chi connectivity index (χ1) is 8.81. The Morgan fingerprint density at radius 1 is 1.25 bits per heavy atom. The van der Waals surface area contributed by atoms with Crippen LogP contribution in [0.4, 0.5) is 11.4 Å². The molecule has 20 heavy (non-hydrogen) atoms. The third kappa shape index (κ3) is 5.36. The first kappa shape index (κ1) is 18.7. The number of carbonyl (C=O) groups excluding carboxylic acids is 2. The molecule has 0 heterocycles. The summed E-state index contributed by atoms with van der Waals surface area (Å²) in [4.78, 5) is 22.7. The van der Waals surface area contributed by atoms with Gasteiger partial charge in [0.25, 0.3) is 0 Å². The van der Waals surface area contributed by atoms with E-state index >= 15 is 0 Å². The van der Waals surface area contributed by atoms with Crippen molar-refractivity contribution in [1.29, 1.82) is 0 Å². The summed E-state index contributed by atoms with van der Waals surface area (Å²) in [7, 11) is 0. The number of rotatable bonds is 4. The highest BCUT2D eigenvalue weighted by molar-refractivity contribution is 6.34. The molecule has 112 valence electrons. The van der Waals surface area contributed by atoms with E-state index in [1.165, 1.54) is 6.92 Å². The maximum atomic E-state index is 11.8. The maximum absolute atomic E-state index is 11.8. The molecule has 2 amide bonds. The van der Waals surface area contributed by atoms with Crippen molar-refractivity contribution in [2.45, 2.75) is 26.8 Å². The van der Waals surface area contributed by atoms with Crippen LogP contribution < -0.4 is 16.4 Å². The lowest BCUT2D eigenvalue weighted by molar-refractivity contribution is -0.118. The molecule has 5 nitrogen and oxygen atoms in total. The highest BCUT2D eigenvalue weighted by Crippen LogP contribution is 2.25. The Morgan fingerprint density at radius 2 is 1.85 bits per heavy atom. The Labute approximate surface area is 129 Å². The van der Waals surface area contributed by atoms with Crippen molar-refractivity contribution < 1.29 is 9.59 Å². The maximum Gasteiger partial charge on any atom is 0.241 e. The second-order valence-corrected chi connectivity index (χ2v) is 5.04. The van der Waals surface area contributed by atoms with E-state index in [1.54, 1.807) is 18.2 Å². The van der Waals surface area contributed by atoms with Crippen LogP contribution in [-0.2, 0) is 9.59 Å². The molecule has 0 aliphatic rings. The Hall–Kier alpha value is -1.30. The summed E-state index contributed by atoms with van der Waals surface area (Å²) < 4.78 is 0. The van der Waals surface area contributed by atoms with Gasteiger partial charge >= 0.3 is 0 Å². The van der Waals surface area contributed by atoms with Crippen LogP contribution in [0, 0.1) is 5.92 Å². The third-order valence-corrected chi connectivity index (χ3v) is 2.88. The van der Waals surface area contributed by atoms with Crippen LogP contribution >= 0.6 is 24.0 Å². The van der Waals surface area contributed by atoms with E-state index < -0.39 is 6.04 Å². The highest BCUT2D eigenvalue weighted by atomic mass is 35.5. The summed E-state index contributed by atoms with van der Waals surface area (Å²) in [6, 6.07) is 4.27. The number of amides is 2. The fourth-order valence-electron chi connectivity index (χ4n) is 1.41. The Kier molecular flexibility index (Phi) is 7.57. The topological polar surface area (TPSA) is 84.2 Å². The van der Waals surface area contributed by atoms with E-state index in [0.717, 1.165) is 0 Å². The van der Waals surface area contributed by atoms with Crippen LogP contribution in [0.3, 0.4) is 0 Å². The number of hydrogen-bond donors (Lipinski definition) is 3. The third-order valence-electron chi connectivity index (χ3n) is 2.57. The summed E-state index contributed by atoms with van der Waals surface area (Å²) in [5.74, 6) is -0.423. The van der Waals surface area contributed by atoms with Gasteiger partial charge in [0.1, 0.15) is 0 Å². The average molecular weight is 320 g/mol. The predicted octanol–water partition coefficient (Wildman–Crippen LogP) is 2.64. The monoisotopic (exact) mass is 319 g/mol. The molecule has 0 saturated heterocycles. The van der Waals surface area contributed by atoms with Crippen LogP contribution in [0.5, 0.6) is 0 Å². The zero-order valence-corrected chi connectivity index (χ0v) is 13.1. The van der Waals surface area contributed by atoms with Gasteiger partial charge in [-0.2, -0.15) is 0 Å². The summed E-state index contributed by atoms with van der Waals surface area (Å²) in [6.07, 6.45) is 0. The van der Waals surface area contributed by atoms with Gasteiger partial charge in [0.2, 0.25) is 11.8 Å². The second-order valence-electron chi connectivity index (χ2n) is 4.63. The molecule has 0 aliphatic carbocycles. The predicted molar refractivity (Wildman–Crippen MR) is 84.4 cm³/mol. The smallest absolute Gasteiger partial charge is 0.241 e. The number of nitrogens with two attached hydrogens (primary N) is 1. The van der Waals surface area contributed by atoms with Crippen LogP contribution in [0.2, 0.25) is 5.02 Å². The van der Waals surface area contributed by atoms with Gasteiger partial charge in [-0.05, 0) is 24.1 Å². The van der Waals surface area contributed by atoms with Crippen molar-refractivity contribution >= 4 is 47.2 Å². The molecule has 0 spiro atoms. The van der Waals surface area contributed by atoms with Gasteiger partial charge in [-0.15, -0.1) is 12.4 Å². The molecule has 1 aromatic carbocycles. The minimum Gasteiger partial charge on any atom is -0.325 e. The van der Waals surface area contributed by atoms with Gasteiger partial charge in [-0.25, -0.2) is 0 Å². The van der Waals surface area contributed by atoms with E-state index in [9.17, 15) is 9.59 Å². The molecule has 7 heteroatoms. The molecule has 4 N–H and O–H groups in total. The van der Waals surface area contributed by atoms with Crippen molar-refractivity contribution in [1.82, 2.24) is 0 Å². The number of benzene rings is 1. The average Bonchev–Trinajstić information content (AvgIpc) is 2.31. The molecule has 0 aliphatic heterocycles. The summed E-state index contributed by atoms with van der Waals surface area (Å²) in [5, 5.41) is 5.62. The zero-order valence-electron chi connectivity index (χ0n) is 11.6. The largest absolute Gasteiger partial charge is 0.325 e. The van der Waals surface area contributed by atoms with Crippen LogP contribution in [0.25, 0.3) is 0 Å². The lowest BCUT2D eigenvalue weighted by Gasteiger charge is -2.16. The van der Waals surface area contributed by atoms with Gasteiger partial charge in [-0.3, -0.25) is 9.59 Å². The molecule has 0 fully saturated rings. The molecule has 1 aromatic rings. The zero-order chi connectivity index (χ0) is 14.6. The van der Waals surface area contributed by atoms with E-state index in [2.05, 4.69) is 10.6 Å². The normalized spacial score (nSPS) is 11.5. The first-order valence-electron chi connectivity index (χ1n) is 5.95. The fraction of sp³-hybridized carbons (Fsp3) is 0.385. The van der Waals surface area contributed by atoms with Gasteiger partial charge in [0.15, 0.2) is 0 Å². The van der Waals surface area contributed by atoms with E-state index in [0.29, 0.717) is 16.4 Å². The summed E-state index contributed by atoms with van der Waals surface area (Å²) >= 11 is 6.00. The number of carbonyl (C=O) groups is 2. The Morgan fingerprint density at radius 3 is 2.30 bits per heavy atom. The van der Waals surface area contributed by atoms with Gasteiger partial charge in [0, 0.05) is 12.6 Å². The van der Waals surface area contributed by atoms with Crippen LogP contribution in [-0.4, -0.2) is 17.9 Å². The standard InChI is InChI=1S/C13H18ClN3O2.ClH/c1-7(2)12(15)13(19)17-9-4-5-11(10(14)6-9)16-8(3)18;/h4-7,12H,15H2,1-3H3,(H,16,18)(H,17,19);1H/t12-;/m1./s1. The SMILES string of the molecule is CC(=O)Nc1ccc(NC(=O)[C@H](N)C(C)C)cc1Cl.Cl. The lowest BCUT2D eigenvalue weighted by Crippen LogP contribution is -2.39. The molecule has 0 aromatic heterocycles. The molecule has 1 rings (SSSR count). The molecule has 0 unspecified atom stereocenters. The molecular weight excluding hydrogens is 301 g/mol. The van der Waals surface area contributed by atoms with Crippen molar-refractivity contribution in [2.24, 2.45) is 11.7 Å². The molecule has 0 saturated carbocycles. The van der Waals surface area contributed by atoms with Crippen molar-refractivity contribution in [3.05, 3.63) is 23.2 Å². The molecule has 1 atom stereocenters. The minimum absolute atomic E-state index is 0. The number of anilines is 2. The van der Waals surface area contributed by atoms with E-state index in [-0.39, 0.29) is 30.1 Å². The molecule has 0 radical (unpaired) electrons. The lowest BCUT2D eigenvalue weighted by atomic mass is 10.0. The van der Waals surface area contributed by atoms with Crippen LogP contribution in [0.15, 0.2) is 18.2 Å². The summed E-state index contributed by atoms with van der Waals surface area (Å²) in [5.41, 5.74) is 6.78. The highest BCUT2D eigenvalue weighted by Gasteiger charge is 2.17. The van der Waals surface area contributed by atoms with Gasteiger partial charge in [0.05, 0.1) is 16.8 Å². The number of halogens is 2. The number of hydrogen-bond acceptors (Lipinski definition) is 3. The van der Waals surface area contributed by atoms with Crippen LogP contribution in [0.1, 0.15) is 20.8 Å². The van der Waals surface area contributed by atoms with E-state index in [4.69, 9.17) is 17.3 Å². The minimum atomic E-state index is -0.575. The number of nitrogens with one attached hydrogen (secondary N) is 2. The van der Waals surface area contributed by atoms with Crippen molar-refractivity contribution in [2.75, 3.05) is 10.6 Å². The Bertz CT molecular complexity index is 493. The Balaban J connectivity index is 0.00000361. The summed E-state index contributed by atoms with van der Waals surface area (Å²) in [6.45, 7) is 5.14. The molecular formula is C13H19Cl2N3O2. The quantitative estimate of drug-likeness (QED) is 0.797. The van der Waals surface area contributed by atoms with E-state index in [1.807, 2.05) is 13.8 Å². The van der Waals surface area contributed by atoms with Gasteiger partial charge < -0.3 is 16.4 Å². The van der Waals surface area contributed by atoms with Gasteiger partial charge in [-0.1, -0.05) is 25.4 Å². The molecule has 0 bridgehead atoms.